The number of carbonyl (C=O) groups is 1. The zero-order chi connectivity index (χ0) is 13.3. The van der Waals surface area contributed by atoms with Gasteiger partial charge in [-0.3, -0.25) is 0 Å². The number of aliphatic carboxylic acids is 1. The van der Waals surface area contributed by atoms with Crippen molar-refractivity contribution in [1.82, 2.24) is 0 Å². The fourth-order valence-electron chi connectivity index (χ4n) is 1.46. The van der Waals surface area contributed by atoms with E-state index in [1.807, 2.05) is 0 Å². The topological polar surface area (TPSA) is 70.7 Å². The third-order valence-electron chi connectivity index (χ3n) is 2.33. The van der Waals surface area contributed by atoms with E-state index in [1.54, 1.807) is 18.2 Å². The number of hydrogen-bond acceptors (Lipinski definition) is 3. The second kappa shape index (κ2) is 5.02. The highest BCUT2D eigenvalue weighted by atomic mass is 35.5. The van der Waals surface area contributed by atoms with Gasteiger partial charge in [-0.2, -0.15) is 0 Å². The predicted molar refractivity (Wildman–Crippen MR) is 66.8 cm³/mol. The Morgan fingerprint density at radius 1 is 1.22 bits per heavy atom. The van der Waals surface area contributed by atoms with Gasteiger partial charge >= 0.3 is 5.97 Å². The minimum atomic E-state index is -1.69. The van der Waals surface area contributed by atoms with Gasteiger partial charge in [-0.15, -0.1) is 0 Å². The average Bonchev–Trinajstić information content (AvgIpc) is 2.77. The fraction of sp³-hybridized carbons (Fsp3) is 0.0833. The molecule has 0 aliphatic carbocycles. The van der Waals surface area contributed by atoms with Crippen LogP contribution in [0.1, 0.15) is 11.9 Å². The van der Waals surface area contributed by atoms with Crippen LogP contribution in [0.15, 0.2) is 34.7 Å². The molecule has 0 aliphatic rings. The van der Waals surface area contributed by atoms with Gasteiger partial charge in [0.2, 0.25) is 6.10 Å². The van der Waals surface area contributed by atoms with Gasteiger partial charge in [-0.1, -0.05) is 23.2 Å². The normalized spacial score (nSPS) is 12.4. The Kier molecular flexibility index (Phi) is 3.61. The molecular weight excluding hydrogens is 279 g/mol. The molecule has 2 aromatic rings. The maximum absolute atomic E-state index is 10.6. The lowest BCUT2D eigenvalue weighted by Crippen LogP contribution is -2.09. The monoisotopic (exact) mass is 286 g/mol. The molecule has 0 radical (unpaired) electrons. The van der Waals surface area contributed by atoms with Crippen LogP contribution in [-0.2, 0) is 4.79 Å². The molecule has 1 atom stereocenters. The molecule has 1 aromatic heterocycles. The molecule has 4 nitrogen and oxygen atoms in total. The van der Waals surface area contributed by atoms with Crippen LogP contribution in [0.3, 0.4) is 0 Å². The van der Waals surface area contributed by atoms with E-state index in [-0.39, 0.29) is 5.76 Å². The summed E-state index contributed by atoms with van der Waals surface area (Å²) in [5.74, 6) is -1.06. The van der Waals surface area contributed by atoms with Crippen molar-refractivity contribution in [2.75, 3.05) is 0 Å². The zero-order valence-electron chi connectivity index (χ0n) is 8.93. The van der Waals surface area contributed by atoms with Gasteiger partial charge in [0.05, 0.1) is 5.02 Å². The first kappa shape index (κ1) is 13.0. The van der Waals surface area contributed by atoms with Crippen LogP contribution in [0, 0.1) is 0 Å². The van der Waals surface area contributed by atoms with Gasteiger partial charge < -0.3 is 14.6 Å². The number of furan rings is 1. The van der Waals surface area contributed by atoms with Crippen molar-refractivity contribution in [3.05, 3.63) is 46.1 Å². The molecule has 0 bridgehead atoms. The van der Waals surface area contributed by atoms with E-state index in [2.05, 4.69) is 0 Å². The van der Waals surface area contributed by atoms with Gasteiger partial charge in [-0.25, -0.2) is 4.79 Å². The molecule has 0 saturated carbocycles. The van der Waals surface area contributed by atoms with Gasteiger partial charge in [0.25, 0.3) is 0 Å². The van der Waals surface area contributed by atoms with Crippen molar-refractivity contribution in [3.63, 3.8) is 0 Å². The summed E-state index contributed by atoms with van der Waals surface area (Å²) in [4.78, 5) is 10.6. The van der Waals surface area contributed by atoms with Crippen molar-refractivity contribution in [1.29, 1.82) is 0 Å². The molecule has 2 rings (SSSR count). The summed E-state index contributed by atoms with van der Waals surface area (Å²) < 4.78 is 5.26. The van der Waals surface area contributed by atoms with Crippen LogP contribution < -0.4 is 0 Å². The van der Waals surface area contributed by atoms with Gasteiger partial charge in [0.1, 0.15) is 11.5 Å². The van der Waals surface area contributed by atoms with Gasteiger partial charge in [-0.05, 0) is 30.3 Å². The van der Waals surface area contributed by atoms with Crippen molar-refractivity contribution < 1.29 is 19.4 Å². The average molecular weight is 287 g/mol. The molecule has 1 heterocycles. The van der Waals surface area contributed by atoms with Crippen LogP contribution in [0.4, 0.5) is 0 Å². The molecule has 0 amide bonds. The van der Waals surface area contributed by atoms with Crippen LogP contribution in [-0.4, -0.2) is 16.2 Å². The smallest absolute Gasteiger partial charge is 0.340 e. The number of aliphatic hydroxyl groups excluding tert-OH is 1. The van der Waals surface area contributed by atoms with E-state index < -0.39 is 12.1 Å². The third kappa shape index (κ3) is 2.51. The summed E-state index contributed by atoms with van der Waals surface area (Å²) >= 11 is 11.8. The van der Waals surface area contributed by atoms with E-state index in [0.717, 1.165) is 0 Å². The van der Waals surface area contributed by atoms with Crippen LogP contribution in [0.5, 0.6) is 0 Å². The van der Waals surface area contributed by atoms with E-state index in [4.69, 9.17) is 32.7 Å². The summed E-state index contributed by atoms with van der Waals surface area (Å²) in [6.07, 6.45) is -1.69. The molecular formula is C12H8Cl2O4. The summed E-state index contributed by atoms with van der Waals surface area (Å²) in [7, 11) is 0. The standard InChI is InChI=1S/C12H8Cl2O4/c13-6-1-2-7(8(14)5-6)9-3-4-10(18-9)11(15)12(16)17/h1-5,11,15H,(H,16,17). The minimum absolute atomic E-state index is 0.0523. The molecule has 18 heavy (non-hydrogen) atoms. The Hall–Kier alpha value is -1.49. The summed E-state index contributed by atoms with van der Waals surface area (Å²) in [5, 5.41) is 18.8. The van der Waals surface area contributed by atoms with E-state index in [1.165, 1.54) is 12.1 Å². The summed E-state index contributed by atoms with van der Waals surface area (Å²) in [6.45, 7) is 0. The fourth-order valence-corrected chi connectivity index (χ4v) is 1.96. The number of benzene rings is 1. The van der Waals surface area contributed by atoms with Crippen LogP contribution in [0.25, 0.3) is 11.3 Å². The third-order valence-corrected chi connectivity index (χ3v) is 2.87. The molecule has 0 fully saturated rings. The Balaban J connectivity index is 2.38. The SMILES string of the molecule is O=C(O)C(O)c1ccc(-c2ccc(Cl)cc2Cl)o1. The Morgan fingerprint density at radius 3 is 2.56 bits per heavy atom. The molecule has 2 N–H and O–H groups in total. The highest BCUT2D eigenvalue weighted by molar-refractivity contribution is 6.36. The van der Waals surface area contributed by atoms with Crippen LogP contribution >= 0.6 is 23.2 Å². The first-order valence-electron chi connectivity index (χ1n) is 4.95. The van der Waals surface area contributed by atoms with Gasteiger partial charge in [0, 0.05) is 10.6 Å². The van der Waals surface area contributed by atoms with Gasteiger partial charge in [0.15, 0.2) is 0 Å². The predicted octanol–water partition coefficient (Wildman–Crippen LogP) is 3.37. The van der Waals surface area contributed by atoms with E-state index in [0.29, 0.717) is 21.4 Å². The molecule has 94 valence electrons. The lowest BCUT2D eigenvalue weighted by atomic mass is 10.2. The molecule has 0 aliphatic heterocycles. The second-order valence-corrected chi connectivity index (χ2v) is 4.41. The maximum Gasteiger partial charge on any atom is 0.340 e. The summed E-state index contributed by atoms with van der Waals surface area (Å²) in [5.41, 5.74) is 0.574. The van der Waals surface area contributed by atoms with Crippen molar-refractivity contribution >= 4 is 29.2 Å². The maximum atomic E-state index is 10.6. The van der Waals surface area contributed by atoms with E-state index >= 15 is 0 Å². The number of aliphatic hydroxyl groups is 1. The number of rotatable bonds is 3. The Morgan fingerprint density at radius 2 is 1.94 bits per heavy atom. The Bertz CT molecular complexity index is 592. The molecule has 1 aromatic carbocycles. The second-order valence-electron chi connectivity index (χ2n) is 3.57. The number of carboxylic acid groups (broad SMARTS) is 1. The van der Waals surface area contributed by atoms with Crippen LogP contribution in [0.2, 0.25) is 10.0 Å². The number of hydrogen-bond donors (Lipinski definition) is 2. The first-order valence-corrected chi connectivity index (χ1v) is 5.70. The Labute approximate surface area is 112 Å². The first-order chi connectivity index (χ1) is 8.49. The number of carboxylic acids is 1. The largest absolute Gasteiger partial charge is 0.479 e. The number of halogens is 2. The molecule has 0 spiro atoms. The molecule has 0 saturated heterocycles. The van der Waals surface area contributed by atoms with E-state index in [9.17, 15) is 9.90 Å². The minimum Gasteiger partial charge on any atom is -0.479 e. The zero-order valence-corrected chi connectivity index (χ0v) is 10.4. The lowest BCUT2D eigenvalue weighted by molar-refractivity contribution is -0.147. The lowest BCUT2D eigenvalue weighted by Gasteiger charge is -2.03. The molecule has 6 heteroatoms. The summed E-state index contributed by atoms with van der Waals surface area (Å²) in [6, 6.07) is 7.77. The quantitative estimate of drug-likeness (QED) is 0.907. The van der Waals surface area contributed by atoms with Crippen molar-refractivity contribution in [3.8, 4) is 11.3 Å². The highest BCUT2D eigenvalue weighted by Gasteiger charge is 2.20. The van der Waals surface area contributed by atoms with Crippen molar-refractivity contribution in [2.45, 2.75) is 6.10 Å². The highest BCUT2D eigenvalue weighted by Crippen LogP contribution is 2.32. The van der Waals surface area contributed by atoms with Crippen molar-refractivity contribution in [2.24, 2.45) is 0 Å². The molecule has 1 unspecified atom stereocenters.